The average molecular weight is 248 g/mol. The molecule has 1 fully saturated rings. The molecule has 16 heavy (non-hydrogen) atoms. The van der Waals surface area contributed by atoms with Crippen LogP contribution < -0.4 is 0 Å². The Morgan fingerprint density at radius 2 is 1.62 bits per heavy atom. The lowest BCUT2D eigenvalue weighted by Crippen LogP contribution is -2.23. The van der Waals surface area contributed by atoms with Crippen molar-refractivity contribution in [1.29, 1.82) is 0 Å². The zero-order valence-electron chi connectivity index (χ0n) is 10.4. The Bertz CT molecular complexity index is 287. The van der Waals surface area contributed by atoms with Crippen molar-refractivity contribution in [2.45, 2.75) is 39.5 Å². The summed E-state index contributed by atoms with van der Waals surface area (Å²) in [5.74, 6) is 2.19. The summed E-state index contributed by atoms with van der Waals surface area (Å²) in [6.45, 7) is 4.26. The quantitative estimate of drug-likeness (QED) is 0.808. The molecule has 1 aliphatic carbocycles. The predicted octanol–water partition coefficient (Wildman–Crippen LogP) is 1.86. The second kappa shape index (κ2) is 6.01. The second-order valence-electron chi connectivity index (χ2n) is 5.45. The lowest BCUT2D eigenvalue weighted by molar-refractivity contribution is 0.215. The molecule has 0 spiro atoms. The number of aliphatic hydroxyl groups excluding tert-OH is 1. The van der Waals surface area contributed by atoms with Crippen molar-refractivity contribution in [2.24, 2.45) is 17.8 Å². The fourth-order valence-electron chi connectivity index (χ4n) is 2.94. The van der Waals surface area contributed by atoms with Crippen molar-refractivity contribution in [2.75, 3.05) is 18.1 Å². The first-order chi connectivity index (χ1) is 7.43. The molecule has 0 aromatic carbocycles. The summed E-state index contributed by atoms with van der Waals surface area (Å²) < 4.78 is 23.0. The molecule has 0 saturated heterocycles. The van der Waals surface area contributed by atoms with Gasteiger partial charge in [-0.2, -0.15) is 0 Å². The molecule has 1 aliphatic rings. The van der Waals surface area contributed by atoms with E-state index >= 15 is 0 Å². The van der Waals surface area contributed by atoms with Crippen LogP contribution in [0.4, 0.5) is 0 Å². The summed E-state index contributed by atoms with van der Waals surface area (Å²) in [6, 6.07) is 0. The molecule has 4 heteroatoms. The summed E-state index contributed by atoms with van der Waals surface area (Å²) in [6.07, 6.45) is 4.38. The third-order valence-electron chi connectivity index (χ3n) is 3.52. The van der Waals surface area contributed by atoms with Crippen molar-refractivity contribution in [1.82, 2.24) is 0 Å². The van der Waals surface area contributed by atoms with Gasteiger partial charge in [0.15, 0.2) is 9.84 Å². The van der Waals surface area contributed by atoms with Crippen LogP contribution in [0.3, 0.4) is 0 Å². The average Bonchev–Trinajstić information content (AvgIpc) is 2.13. The van der Waals surface area contributed by atoms with E-state index in [1.807, 2.05) is 0 Å². The Kier molecular flexibility index (Phi) is 5.25. The van der Waals surface area contributed by atoms with Gasteiger partial charge in [0.1, 0.15) is 0 Å². The molecule has 1 rings (SSSR count). The minimum atomic E-state index is -3.02. The standard InChI is InChI=1S/C12H24O3S/c1-10-7-11(2)9-12(8-10)3-5-16(14,15)6-4-13/h10-13H,3-9H2,1-2H3/t10-,11-/m0/s1. The molecule has 96 valence electrons. The first kappa shape index (κ1) is 14.0. The summed E-state index contributed by atoms with van der Waals surface area (Å²) in [4.78, 5) is 0. The maximum Gasteiger partial charge on any atom is 0.152 e. The van der Waals surface area contributed by atoms with Gasteiger partial charge in [0.25, 0.3) is 0 Å². The number of sulfone groups is 1. The highest BCUT2D eigenvalue weighted by Gasteiger charge is 2.25. The van der Waals surface area contributed by atoms with Crippen LogP contribution >= 0.6 is 0 Å². The van der Waals surface area contributed by atoms with E-state index in [0.717, 1.165) is 18.3 Å². The maximum atomic E-state index is 11.5. The summed E-state index contributed by atoms with van der Waals surface area (Å²) in [5, 5.41) is 8.64. The third-order valence-corrected chi connectivity index (χ3v) is 5.18. The zero-order valence-corrected chi connectivity index (χ0v) is 11.2. The minimum Gasteiger partial charge on any atom is -0.395 e. The summed E-state index contributed by atoms with van der Waals surface area (Å²) >= 11 is 0. The molecule has 0 amide bonds. The molecule has 1 saturated carbocycles. The number of hydrogen-bond donors (Lipinski definition) is 1. The van der Waals surface area contributed by atoms with E-state index in [1.165, 1.54) is 19.3 Å². The largest absolute Gasteiger partial charge is 0.395 e. The van der Waals surface area contributed by atoms with Crippen LogP contribution in [-0.2, 0) is 9.84 Å². The van der Waals surface area contributed by atoms with E-state index in [4.69, 9.17) is 5.11 Å². The van der Waals surface area contributed by atoms with Crippen LogP contribution in [0.2, 0.25) is 0 Å². The predicted molar refractivity (Wildman–Crippen MR) is 66.0 cm³/mol. The Hall–Kier alpha value is -0.0900. The van der Waals surface area contributed by atoms with Crippen molar-refractivity contribution in [3.8, 4) is 0 Å². The van der Waals surface area contributed by atoms with Gasteiger partial charge in [-0.15, -0.1) is 0 Å². The summed E-state index contributed by atoms with van der Waals surface area (Å²) in [7, 11) is -3.02. The van der Waals surface area contributed by atoms with Gasteiger partial charge in [0, 0.05) is 0 Å². The van der Waals surface area contributed by atoms with Crippen LogP contribution in [-0.4, -0.2) is 31.6 Å². The van der Waals surface area contributed by atoms with Gasteiger partial charge in [-0.1, -0.05) is 13.8 Å². The number of rotatable bonds is 5. The van der Waals surface area contributed by atoms with Crippen LogP contribution in [0.15, 0.2) is 0 Å². The highest BCUT2D eigenvalue weighted by molar-refractivity contribution is 7.91. The molecule has 0 unspecified atom stereocenters. The van der Waals surface area contributed by atoms with E-state index in [2.05, 4.69) is 13.8 Å². The molecule has 0 aromatic rings. The molecule has 0 heterocycles. The SMILES string of the molecule is C[C@@H]1CC(CCS(=O)(=O)CCO)C[C@@H](C)C1. The van der Waals surface area contributed by atoms with E-state index in [9.17, 15) is 8.42 Å². The highest BCUT2D eigenvalue weighted by atomic mass is 32.2. The van der Waals surface area contributed by atoms with Gasteiger partial charge in [-0.05, 0) is 43.4 Å². The van der Waals surface area contributed by atoms with Crippen LogP contribution in [0.25, 0.3) is 0 Å². The fraction of sp³-hybridized carbons (Fsp3) is 1.00. The van der Waals surface area contributed by atoms with E-state index in [1.54, 1.807) is 0 Å². The first-order valence-corrected chi connectivity index (χ1v) is 8.06. The minimum absolute atomic E-state index is 0.0785. The topological polar surface area (TPSA) is 54.4 Å². The highest BCUT2D eigenvalue weighted by Crippen LogP contribution is 2.34. The Morgan fingerprint density at radius 1 is 1.06 bits per heavy atom. The third kappa shape index (κ3) is 4.83. The number of aliphatic hydroxyl groups is 1. The fourth-order valence-corrected chi connectivity index (χ4v) is 4.11. The molecule has 3 nitrogen and oxygen atoms in total. The monoisotopic (exact) mass is 248 g/mol. The Labute approximate surface area is 99.2 Å². The van der Waals surface area contributed by atoms with Gasteiger partial charge >= 0.3 is 0 Å². The number of hydrogen-bond acceptors (Lipinski definition) is 3. The molecule has 0 bridgehead atoms. The molecule has 0 aliphatic heterocycles. The normalized spacial score (nSPS) is 31.6. The lowest BCUT2D eigenvalue weighted by Gasteiger charge is -2.31. The van der Waals surface area contributed by atoms with Gasteiger partial charge < -0.3 is 5.11 Å². The van der Waals surface area contributed by atoms with Crippen molar-refractivity contribution in [3.63, 3.8) is 0 Å². The zero-order chi connectivity index (χ0) is 12.2. The van der Waals surface area contributed by atoms with Crippen molar-refractivity contribution >= 4 is 9.84 Å². The van der Waals surface area contributed by atoms with Crippen molar-refractivity contribution < 1.29 is 13.5 Å². The molecule has 0 aromatic heterocycles. The molecule has 0 radical (unpaired) electrons. The van der Waals surface area contributed by atoms with Gasteiger partial charge in [0.05, 0.1) is 18.1 Å². The molecular weight excluding hydrogens is 224 g/mol. The molecular formula is C12H24O3S. The lowest BCUT2D eigenvalue weighted by atomic mass is 9.76. The van der Waals surface area contributed by atoms with E-state index in [0.29, 0.717) is 5.92 Å². The Morgan fingerprint density at radius 3 is 2.12 bits per heavy atom. The van der Waals surface area contributed by atoms with Crippen LogP contribution in [0.1, 0.15) is 39.5 Å². The van der Waals surface area contributed by atoms with Gasteiger partial charge in [-0.25, -0.2) is 8.42 Å². The Balaban J connectivity index is 2.37. The van der Waals surface area contributed by atoms with Gasteiger partial charge in [0.2, 0.25) is 0 Å². The molecule has 1 N–H and O–H groups in total. The van der Waals surface area contributed by atoms with Crippen molar-refractivity contribution in [3.05, 3.63) is 0 Å². The first-order valence-electron chi connectivity index (χ1n) is 6.24. The van der Waals surface area contributed by atoms with Gasteiger partial charge in [-0.3, -0.25) is 0 Å². The van der Waals surface area contributed by atoms with E-state index < -0.39 is 9.84 Å². The van der Waals surface area contributed by atoms with Crippen LogP contribution in [0, 0.1) is 17.8 Å². The smallest absolute Gasteiger partial charge is 0.152 e. The van der Waals surface area contributed by atoms with E-state index in [-0.39, 0.29) is 18.1 Å². The van der Waals surface area contributed by atoms with Crippen LogP contribution in [0.5, 0.6) is 0 Å². The summed E-state index contributed by atoms with van der Waals surface area (Å²) in [5.41, 5.74) is 0. The maximum absolute atomic E-state index is 11.5. The molecule has 2 atom stereocenters. The second-order valence-corrected chi connectivity index (χ2v) is 7.75.